The molecule has 0 atom stereocenters. The number of rotatable bonds is 9. The molecule has 0 saturated heterocycles. The predicted molar refractivity (Wildman–Crippen MR) is 119 cm³/mol. The van der Waals surface area contributed by atoms with Gasteiger partial charge in [0.1, 0.15) is 0 Å². The van der Waals surface area contributed by atoms with E-state index in [1.807, 2.05) is 12.1 Å². The average molecular weight is 476 g/mol. The third kappa shape index (κ3) is 5.10. The van der Waals surface area contributed by atoms with Gasteiger partial charge in [-0.25, -0.2) is 4.98 Å². The van der Waals surface area contributed by atoms with E-state index < -0.39 is 23.7 Å². The van der Waals surface area contributed by atoms with Crippen LogP contribution in [0.25, 0.3) is 10.9 Å². The molecule has 3 aromatic heterocycles. The maximum Gasteiger partial charge on any atom is 0.347 e. The number of anilines is 1. The van der Waals surface area contributed by atoms with Gasteiger partial charge in [0.05, 0.1) is 17.8 Å². The van der Waals surface area contributed by atoms with Crippen molar-refractivity contribution in [1.29, 1.82) is 0 Å². The maximum absolute atomic E-state index is 14.4. The number of fused-ring (bicyclic) bond motifs is 1. The van der Waals surface area contributed by atoms with Crippen molar-refractivity contribution in [2.24, 2.45) is 0 Å². The van der Waals surface area contributed by atoms with Crippen molar-refractivity contribution >= 4 is 28.3 Å². The highest BCUT2D eigenvalue weighted by Crippen LogP contribution is 2.25. The smallest absolute Gasteiger partial charge is 0.347 e. The summed E-state index contributed by atoms with van der Waals surface area (Å²) in [5.74, 6) is -3.72. The Hall–Kier alpha value is -3.57. The summed E-state index contributed by atoms with van der Waals surface area (Å²) in [6.07, 6.45) is 3.81. The molecule has 0 unspecified atom stereocenters. The summed E-state index contributed by atoms with van der Waals surface area (Å²) in [7, 11) is 0. The second kappa shape index (κ2) is 9.51. The molecule has 3 heterocycles. The van der Waals surface area contributed by atoms with Crippen molar-refractivity contribution in [1.82, 2.24) is 25.1 Å². The Balaban J connectivity index is 1.35. The average Bonchev–Trinajstić information content (AvgIpc) is 3.19. The third-order valence-electron chi connectivity index (χ3n) is 5.02. The highest BCUT2D eigenvalue weighted by Gasteiger charge is 2.39. The Morgan fingerprint density at radius 3 is 2.94 bits per heavy atom. The fourth-order valence-electron chi connectivity index (χ4n) is 3.32. The van der Waals surface area contributed by atoms with E-state index >= 15 is 0 Å². The largest absolute Gasteiger partial charge is 0.618 e. The first-order valence-electron chi connectivity index (χ1n) is 10.0. The van der Waals surface area contributed by atoms with Crippen molar-refractivity contribution in [3.8, 4) is 0 Å². The van der Waals surface area contributed by atoms with Gasteiger partial charge in [-0.15, -0.1) is 0 Å². The highest BCUT2D eigenvalue weighted by molar-refractivity contribution is 6.31. The van der Waals surface area contributed by atoms with Crippen molar-refractivity contribution in [2.45, 2.75) is 19.0 Å². The van der Waals surface area contributed by atoms with Gasteiger partial charge in [-0.05, 0) is 24.3 Å². The lowest BCUT2D eigenvalue weighted by atomic mass is 10.2. The van der Waals surface area contributed by atoms with Gasteiger partial charge in [0, 0.05) is 54.6 Å². The van der Waals surface area contributed by atoms with Crippen LogP contribution in [0.2, 0.25) is 5.02 Å². The molecule has 0 fully saturated rings. The summed E-state index contributed by atoms with van der Waals surface area (Å²) in [6.45, 7) is 0.214. The van der Waals surface area contributed by atoms with Gasteiger partial charge in [-0.3, -0.25) is 9.89 Å². The summed E-state index contributed by atoms with van der Waals surface area (Å²) in [5.41, 5.74) is 0.392. The van der Waals surface area contributed by atoms with Crippen molar-refractivity contribution in [3.63, 3.8) is 0 Å². The van der Waals surface area contributed by atoms with Crippen molar-refractivity contribution in [2.75, 3.05) is 18.4 Å². The fourth-order valence-corrected chi connectivity index (χ4v) is 3.50. The van der Waals surface area contributed by atoms with Crippen LogP contribution in [-0.4, -0.2) is 32.8 Å². The molecule has 0 saturated carbocycles. The summed E-state index contributed by atoms with van der Waals surface area (Å²) in [6, 6.07) is 9.18. The zero-order valence-electron chi connectivity index (χ0n) is 17.3. The Morgan fingerprint density at radius 1 is 1.27 bits per heavy atom. The first kappa shape index (κ1) is 22.6. The van der Waals surface area contributed by atoms with Gasteiger partial charge in [0.25, 0.3) is 11.3 Å². The first-order valence-corrected chi connectivity index (χ1v) is 10.4. The van der Waals surface area contributed by atoms with Gasteiger partial charge >= 0.3 is 5.92 Å². The zero-order valence-corrected chi connectivity index (χ0v) is 18.0. The number of aromatic amines is 1. The van der Waals surface area contributed by atoms with Crippen LogP contribution in [0.5, 0.6) is 0 Å². The first-order chi connectivity index (χ1) is 15.8. The summed E-state index contributed by atoms with van der Waals surface area (Å²) in [4.78, 5) is 16.5. The highest BCUT2D eigenvalue weighted by atomic mass is 35.5. The van der Waals surface area contributed by atoms with Crippen LogP contribution < -0.4 is 20.9 Å². The number of nitrogens with one attached hydrogen (secondary N) is 3. The lowest BCUT2D eigenvalue weighted by molar-refractivity contribution is -0.624. The molecule has 0 aliphatic carbocycles. The predicted octanol–water partition coefficient (Wildman–Crippen LogP) is 2.40. The Bertz CT molecular complexity index is 1330. The van der Waals surface area contributed by atoms with E-state index in [4.69, 9.17) is 11.6 Å². The molecule has 172 valence electrons. The van der Waals surface area contributed by atoms with E-state index in [2.05, 4.69) is 25.8 Å². The van der Waals surface area contributed by atoms with Crippen LogP contribution in [0.4, 0.5) is 14.6 Å². The number of hydrogen-bond acceptors (Lipinski definition) is 6. The molecule has 4 aromatic rings. The minimum absolute atomic E-state index is 0.0978. The number of alkyl halides is 2. The van der Waals surface area contributed by atoms with Gasteiger partial charge in [-0.1, -0.05) is 11.6 Å². The standard InChI is InChI=1S/C21H20ClF2N7O2/c22-14-4-5-16-15(11-14)17(29-28-16)12-25-6-9-30-10-7-26-19(20(30)32)27-13-21(23,24)18-3-1-2-8-31(18)33/h1-5,7-8,10-11,25H,6,9,12-13H2,(H,26,27)(H,28,29). The van der Waals surface area contributed by atoms with Crippen LogP contribution in [0.1, 0.15) is 11.4 Å². The normalized spacial score (nSPS) is 11.7. The molecule has 0 aliphatic heterocycles. The fraction of sp³-hybridized carbons (Fsp3) is 0.238. The number of halogens is 3. The number of pyridine rings is 1. The van der Waals surface area contributed by atoms with E-state index in [1.165, 1.54) is 29.1 Å². The second-order valence-corrected chi connectivity index (χ2v) is 7.72. The number of benzene rings is 1. The van der Waals surface area contributed by atoms with Gasteiger partial charge < -0.3 is 20.4 Å². The Morgan fingerprint density at radius 2 is 2.12 bits per heavy atom. The summed E-state index contributed by atoms with van der Waals surface area (Å²) in [5, 5.41) is 25.9. The van der Waals surface area contributed by atoms with E-state index in [9.17, 15) is 18.8 Å². The van der Waals surface area contributed by atoms with E-state index in [0.717, 1.165) is 28.9 Å². The topological polar surface area (TPSA) is 115 Å². The molecule has 33 heavy (non-hydrogen) atoms. The number of aromatic nitrogens is 5. The third-order valence-corrected chi connectivity index (χ3v) is 5.25. The van der Waals surface area contributed by atoms with Crippen molar-refractivity contribution in [3.05, 3.63) is 87.0 Å². The molecule has 12 heteroatoms. The lowest BCUT2D eigenvalue weighted by Crippen LogP contribution is -2.41. The van der Waals surface area contributed by atoms with Crippen molar-refractivity contribution < 1.29 is 13.5 Å². The quantitative estimate of drug-likeness (QED) is 0.194. The molecule has 0 aliphatic rings. The lowest BCUT2D eigenvalue weighted by Gasteiger charge is -2.16. The monoisotopic (exact) mass is 475 g/mol. The molecule has 0 bridgehead atoms. The number of nitrogens with zero attached hydrogens (tertiary/aromatic N) is 4. The summed E-state index contributed by atoms with van der Waals surface area (Å²) >= 11 is 6.04. The SMILES string of the molecule is O=c1c(NCC(F)(F)c2cccc[n+]2[O-])nccn1CCNCc1n[nH]c2ccc(Cl)cc12. The number of hydrogen-bond donors (Lipinski definition) is 3. The Kier molecular flexibility index (Phi) is 6.52. The molecular weight excluding hydrogens is 456 g/mol. The maximum atomic E-state index is 14.4. The molecule has 4 rings (SSSR count). The van der Waals surface area contributed by atoms with Crippen LogP contribution in [0, 0.1) is 5.21 Å². The van der Waals surface area contributed by atoms with Crippen LogP contribution in [0.3, 0.4) is 0 Å². The van der Waals surface area contributed by atoms with E-state index in [0.29, 0.717) is 18.1 Å². The zero-order chi connectivity index (χ0) is 23.4. The molecule has 0 amide bonds. The second-order valence-electron chi connectivity index (χ2n) is 7.28. The summed E-state index contributed by atoms with van der Waals surface area (Å²) < 4.78 is 30.3. The number of H-pyrrole nitrogens is 1. The van der Waals surface area contributed by atoms with Crippen LogP contribution in [-0.2, 0) is 19.0 Å². The van der Waals surface area contributed by atoms with Gasteiger partial charge in [0.15, 0.2) is 12.0 Å². The van der Waals surface area contributed by atoms with E-state index in [-0.39, 0.29) is 17.1 Å². The molecule has 0 radical (unpaired) electrons. The minimum Gasteiger partial charge on any atom is -0.618 e. The van der Waals surface area contributed by atoms with Crippen LogP contribution in [0.15, 0.2) is 59.8 Å². The Labute approximate surface area is 191 Å². The van der Waals surface area contributed by atoms with Gasteiger partial charge in [0.2, 0.25) is 0 Å². The molecule has 9 nitrogen and oxygen atoms in total. The minimum atomic E-state index is -3.49. The molecule has 0 spiro atoms. The molecular formula is C21H20ClF2N7O2. The van der Waals surface area contributed by atoms with E-state index in [1.54, 1.807) is 6.07 Å². The van der Waals surface area contributed by atoms with Gasteiger partial charge in [-0.2, -0.15) is 18.6 Å². The van der Waals surface area contributed by atoms with Crippen LogP contribution >= 0.6 is 11.6 Å². The molecule has 3 N–H and O–H groups in total. The molecule has 1 aromatic carbocycles.